The number of hydrogen-bond acceptors (Lipinski definition) is 3. The Kier molecular flexibility index (Phi) is 6.84. The SMILES string of the molecule is CCC(C(C)C(=O)c1ccccc1)C(CC(=O)O)C(=O)c1ccccc1. The lowest BCUT2D eigenvalue weighted by atomic mass is 9.73. The van der Waals surface area contributed by atoms with Crippen LogP contribution in [0.1, 0.15) is 47.4 Å². The highest BCUT2D eigenvalue weighted by Gasteiger charge is 2.36. The third-order valence-electron chi connectivity index (χ3n) is 4.89. The molecule has 0 saturated carbocycles. The first kappa shape index (κ1) is 19.6. The van der Waals surface area contributed by atoms with Gasteiger partial charge >= 0.3 is 5.97 Å². The molecule has 0 heterocycles. The van der Waals surface area contributed by atoms with E-state index in [-0.39, 0.29) is 23.9 Å². The molecule has 0 fully saturated rings. The van der Waals surface area contributed by atoms with Crippen LogP contribution in [0.15, 0.2) is 60.7 Å². The van der Waals surface area contributed by atoms with Crippen LogP contribution in [0.4, 0.5) is 0 Å². The molecule has 0 radical (unpaired) electrons. The molecule has 0 amide bonds. The molecule has 2 aromatic carbocycles. The quantitative estimate of drug-likeness (QED) is 0.674. The van der Waals surface area contributed by atoms with Crippen LogP contribution in [0.2, 0.25) is 0 Å². The number of benzene rings is 2. The molecule has 0 aliphatic rings. The largest absolute Gasteiger partial charge is 0.481 e. The highest BCUT2D eigenvalue weighted by molar-refractivity contribution is 6.01. The lowest BCUT2D eigenvalue weighted by Crippen LogP contribution is -2.33. The Balaban J connectivity index is 2.32. The summed E-state index contributed by atoms with van der Waals surface area (Å²) in [6.45, 7) is 3.68. The van der Waals surface area contributed by atoms with Crippen LogP contribution >= 0.6 is 0 Å². The van der Waals surface area contributed by atoms with Gasteiger partial charge in [0.2, 0.25) is 0 Å². The summed E-state index contributed by atoms with van der Waals surface area (Å²) in [4.78, 5) is 37.2. The van der Waals surface area contributed by atoms with Crippen LogP contribution in [0.5, 0.6) is 0 Å². The van der Waals surface area contributed by atoms with Crippen molar-refractivity contribution < 1.29 is 19.5 Å². The second-order valence-corrected chi connectivity index (χ2v) is 6.53. The molecule has 4 nitrogen and oxygen atoms in total. The summed E-state index contributed by atoms with van der Waals surface area (Å²) in [6.07, 6.45) is 0.273. The van der Waals surface area contributed by atoms with E-state index < -0.39 is 17.8 Å². The van der Waals surface area contributed by atoms with E-state index in [1.54, 1.807) is 55.5 Å². The number of Topliss-reactive ketones (excluding diaryl/α,β-unsaturated/α-hetero) is 2. The van der Waals surface area contributed by atoms with Gasteiger partial charge in [0, 0.05) is 23.0 Å². The van der Waals surface area contributed by atoms with E-state index >= 15 is 0 Å². The lowest BCUT2D eigenvalue weighted by Gasteiger charge is -2.29. The van der Waals surface area contributed by atoms with E-state index in [1.165, 1.54) is 0 Å². The first-order valence-electron chi connectivity index (χ1n) is 8.86. The molecule has 2 aromatic rings. The maximum atomic E-state index is 13.0. The minimum absolute atomic E-state index is 0.0614. The zero-order valence-corrected chi connectivity index (χ0v) is 15.1. The molecule has 0 aliphatic heterocycles. The Morgan fingerprint density at radius 2 is 1.31 bits per heavy atom. The molecule has 0 saturated heterocycles. The first-order valence-corrected chi connectivity index (χ1v) is 8.86. The topological polar surface area (TPSA) is 71.4 Å². The summed E-state index contributed by atoms with van der Waals surface area (Å²) in [5.74, 6) is -2.83. The van der Waals surface area contributed by atoms with Gasteiger partial charge in [-0.25, -0.2) is 0 Å². The molecular formula is C22H24O4. The first-order chi connectivity index (χ1) is 12.5. The number of carboxylic acids is 1. The monoisotopic (exact) mass is 352 g/mol. The molecular weight excluding hydrogens is 328 g/mol. The number of ketones is 2. The van der Waals surface area contributed by atoms with Gasteiger partial charge in [0.25, 0.3) is 0 Å². The summed E-state index contributed by atoms with van der Waals surface area (Å²) in [5.41, 5.74) is 1.07. The van der Waals surface area contributed by atoms with E-state index in [2.05, 4.69) is 0 Å². The fraction of sp³-hybridized carbons (Fsp3) is 0.318. The fourth-order valence-electron chi connectivity index (χ4n) is 3.49. The molecule has 3 unspecified atom stereocenters. The Morgan fingerprint density at radius 3 is 1.73 bits per heavy atom. The van der Waals surface area contributed by atoms with Crippen molar-refractivity contribution in [1.82, 2.24) is 0 Å². The summed E-state index contributed by atoms with van der Waals surface area (Å²) in [6, 6.07) is 17.6. The Bertz CT molecular complexity index is 752. The van der Waals surface area contributed by atoms with Gasteiger partial charge in [0.05, 0.1) is 6.42 Å². The molecule has 2 rings (SSSR count). The van der Waals surface area contributed by atoms with Gasteiger partial charge in [-0.2, -0.15) is 0 Å². The van der Waals surface area contributed by atoms with Crippen molar-refractivity contribution in [3.05, 3.63) is 71.8 Å². The van der Waals surface area contributed by atoms with Crippen LogP contribution in [-0.2, 0) is 4.79 Å². The summed E-state index contributed by atoms with van der Waals surface area (Å²) in [7, 11) is 0. The van der Waals surface area contributed by atoms with Crippen molar-refractivity contribution in [2.45, 2.75) is 26.7 Å². The highest BCUT2D eigenvalue weighted by atomic mass is 16.4. The minimum Gasteiger partial charge on any atom is -0.481 e. The zero-order valence-electron chi connectivity index (χ0n) is 15.1. The second-order valence-electron chi connectivity index (χ2n) is 6.53. The van der Waals surface area contributed by atoms with Crippen molar-refractivity contribution in [1.29, 1.82) is 0 Å². The minimum atomic E-state index is -1.03. The number of carbonyl (C=O) groups excluding carboxylic acids is 2. The summed E-state index contributed by atoms with van der Waals surface area (Å²) < 4.78 is 0. The van der Waals surface area contributed by atoms with Crippen LogP contribution in [0, 0.1) is 17.8 Å². The van der Waals surface area contributed by atoms with Gasteiger partial charge in [-0.05, 0) is 5.92 Å². The number of rotatable bonds is 9. The Morgan fingerprint density at radius 1 is 0.846 bits per heavy atom. The summed E-state index contributed by atoms with van der Waals surface area (Å²) >= 11 is 0. The molecule has 0 bridgehead atoms. The third kappa shape index (κ3) is 4.66. The standard InChI is InChI=1S/C22H24O4/c1-3-18(15(2)21(25)16-10-6-4-7-11-16)19(14-20(23)24)22(26)17-12-8-5-9-13-17/h4-13,15,18-19H,3,14H2,1-2H3,(H,23,24). The predicted octanol–water partition coefficient (Wildman–Crippen LogP) is 4.51. The van der Waals surface area contributed by atoms with Gasteiger partial charge in [0.15, 0.2) is 11.6 Å². The summed E-state index contributed by atoms with van der Waals surface area (Å²) in [5, 5.41) is 9.32. The fourth-order valence-corrected chi connectivity index (χ4v) is 3.49. The number of hydrogen-bond donors (Lipinski definition) is 1. The molecule has 0 spiro atoms. The highest BCUT2D eigenvalue weighted by Crippen LogP contribution is 2.32. The smallest absolute Gasteiger partial charge is 0.304 e. The number of carboxylic acid groups (broad SMARTS) is 1. The van der Waals surface area contributed by atoms with E-state index in [9.17, 15) is 19.5 Å². The van der Waals surface area contributed by atoms with Gasteiger partial charge in [0.1, 0.15) is 0 Å². The predicted molar refractivity (Wildman–Crippen MR) is 100 cm³/mol. The van der Waals surface area contributed by atoms with E-state index in [0.717, 1.165) is 0 Å². The van der Waals surface area contributed by atoms with E-state index in [1.807, 2.05) is 19.1 Å². The van der Waals surface area contributed by atoms with Crippen molar-refractivity contribution in [3.63, 3.8) is 0 Å². The molecule has 136 valence electrons. The van der Waals surface area contributed by atoms with Crippen LogP contribution < -0.4 is 0 Å². The van der Waals surface area contributed by atoms with Gasteiger partial charge in [-0.1, -0.05) is 80.9 Å². The Labute approximate surface area is 153 Å². The molecule has 1 N–H and O–H groups in total. The van der Waals surface area contributed by atoms with Gasteiger partial charge in [-0.3, -0.25) is 14.4 Å². The van der Waals surface area contributed by atoms with Crippen molar-refractivity contribution >= 4 is 17.5 Å². The van der Waals surface area contributed by atoms with Crippen LogP contribution in [-0.4, -0.2) is 22.6 Å². The maximum absolute atomic E-state index is 13.0. The van der Waals surface area contributed by atoms with Crippen molar-refractivity contribution in [2.24, 2.45) is 17.8 Å². The number of aliphatic carboxylic acids is 1. The third-order valence-corrected chi connectivity index (χ3v) is 4.89. The molecule has 4 heteroatoms. The Hall–Kier alpha value is -2.75. The average Bonchev–Trinajstić information content (AvgIpc) is 2.67. The van der Waals surface area contributed by atoms with Crippen molar-refractivity contribution in [2.75, 3.05) is 0 Å². The molecule has 3 atom stereocenters. The molecule has 0 aromatic heterocycles. The lowest BCUT2D eigenvalue weighted by molar-refractivity contribution is -0.138. The number of carbonyl (C=O) groups is 3. The zero-order chi connectivity index (χ0) is 19.1. The second kappa shape index (κ2) is 9.09. The maximum Gasteiger partial charge on any atom is 0.304 e. The average molecular weight is 352 g/mol. The van der Waals surface area contributed by atoms with Crippen molar-refractivity contribution in [3.8, 4) is 0 Å². The van der Waals surface area contributed by atoms with Crippen LogP contribution in [0.3, 0.4) is 0 Å². The van der Waals surface area contributed by atoms with Crippen LogP contribution in [0.25, 0.3) is 0 Å². The normalized spacial score (nSPS) is 14.2. The van der Waals surface area contributed by atoms with Gasteiger partial charge < -0.3 is 5.11 Å². The van der Waals surface area contributed by atoms with E-state index in [4.69, 9.17) is 0 Å². The van der Waals surface area contributed by atoms with Gasteiger partial charge in [-0.15, -0.1) is 0 Å². The molecule has 26 heavy (non-hydrogen) atoms. The van der Waals surface area contributed by atoms with E-state index in [0.29, 0.717) is 17.5 Å². The molecule has 0 aliphatic carbocycles.